The number of pyridine rings is 1. The number of hydrogen-bond donors (Lipinski definition) is 1. The number of nitrogens with two attached hydrogens (primary N) is 1. The average molecular weight is 316 g/mol. The highest BCUT2D eigenvalue weighted by Crippen LogP contribution is 2.54. The second kappa shape index (κ2) is 5.48. The molecule has 1 saturated carbocycles. The molecule has 3 rings (SSSR count). The first-order valence-electron chi connectivity index (χ1n) is 7.45. The van der Waals surface area contributed by atoms with Crippen LogP contribution >= 0.6 is 0 Å². The van der Waals surface area contributed by atoms with Crippen molar-refractivity contribution >= 4 is 10.0 Å². The fraction of sp³-hybridized carbons (Fsp3) is 0.353. The van der Waals surface area contributed by atoms with Crippen LogP contribution in [0, 0.1) is 0 Å². The molecule has 22 heavy (non-hydrogen) atoms. The summed E-state index contributed by atoms with van der Waals surface area (Å²) in [6.07, 6.45) is 2.94. The van der Waals surface area contributed by atoms with Crippen molar-refractivity contribution in [2.24, 2.45) is 5.14 Å². The molecule has 4 nitrogen and oxygen atoms in total. The predicted octanol–water partition coefficient (Wildman–Crippen LogP) is 3.12. The summed E-state index contributed by atoms with van der Waals surface area (Å²) in [5.74, 6) is 1.34. The van der Waals surface area contributed by atoms with Gasteiger partial charge in [-0.3, -0.25) is 4.98 Å². The Kier molecular flexibility index (Phi) is 3.78. The lowest BCUT2D eigenvalue weighted by Gasteiger charge is -2.07. The molecular formula is C17H20N2O2S. The predicted molar refractivity (Wildman–Crippen MR) is 86.2 cm³/mol. The van der Waals surface area contributed by atoms with Gasteiger partial charge in [0.15, 0.2) is 0 Å². The number of hydrogen-bond acceptors (Lipinski definition) is 3. The van der Waals surface area contributed by atoms with Crippen molar-refractivity contribution in [2.75, 3.05) is 0 Å². The van der Waals surface area contributed by atoms with E-state index in [1.165, 1.54) is 5.56 Å². The van der Waals surface area contributed by atoms with E-state index in [9.17, 15) is 8.42 Å². The number of sulfonamides is 1. The van der Waals surface area contributed by atoms with Crippen molar-refractivity contribution in [3.05, 3.63) is 59.4 Å². The molecule has 0 radical (unpaired) electrons. The molecule has 1 aliphatic carbocycles. The lowest BCUT2D eigenvalue weighted by atomic mass is 10.0. The Hall–Kier alpha value is -1.72. The summed E-state index contributed by atoms with van der Waals surface area (Å²) in [7, 11) is -3.62. The van der Waals surface area contributed by atoms with Gasteiger partial charge >= 0.3 is 0 Å². The first-order chi connectivity index (χ1) is 10.4. The second-order valence-corrected chi connectivity index (χ2v) is 7.79. The van der Waals surface area contributed by atoms with Gasteiger partial charge in [-0.25, -0.2) is 13.6 Å². The van der Waals surface area contributed by atoms with Gasteiger partial charge in [-0.1, -0.05) is 26.0 Å². The summed E-state index contributed by atoms with van der Waals surface area (Å²) in [6.45, 7) is 4.35. The molecule has 1 heterocycles. The summed E-state index contributed by atoms with van der Waals surface area (Å²) in [4.78, 5) is 4.66. The van der Waals surface area contributed by atoms with Gasteiger partial charge in [-0.15, -0.1) is 0 Å². The Balaban J connectivity index is 1.78. The first-order valence-corrected chi connectivity index (χ1v) is 8.99. The van der Waals surface area contributed by atoms with Gasteiger partial charge in [0.1, 0.15) is 0 Å². The SMILES string of the molecule is CC(C)c1ccnc(C2CC2c2ccc(S(N)(=O)=O)cc2)c1. The molecule has 0 bridgehead atoms. The summed E-state index contributed by atoms with van der Waals surface area (Å²) in [6, 6.07) is 11.1. The molecule has 1 aliphatic rings. The van der Waals surface area contributed by atoms with E-state index in [-0.39, 0.29) is 4.90 Å². The second-order valence-electron chi connectivity index (χ2n) is 6.23. The van der Waals surface area contributed by atoms with Gasteiger partial charge in [-0.05, 0) is 53.6 Å². The lowest BCUT2D eigenvalue weighted by molar-refractivity contribution is 0.598. The van der Waals surface area contributed by atoms with Crippen molar-refractivity contribution in [3.8, 4) is 0 Å². The number of rotatable bonds is 4. The number of aromatic nitrogens is 1. The molecule has 1 aromatic heterocycles. The Morgan fingerprint density at radius 3 is 2.41 bits per heavy atom. The van der Waals surface area contributed by atoms with Crippen LogP contribution in [0.25, 0.3) is 0 Å². The topological polar surface area (TPSA) is 73.0 Å². The highest BCUT2D eigenvalue weighted by atomic mass is 32.2. The molecule has 116 valence electrons. The Morgan fingerprint density at radius 1 is 1.14 bits per heavy atom. The molecule has 1 fully saturated rings. The number of nitrogens with zero attached hydrogens (tertiary/aromatic N) is 1. The van der Waals surface area contributed by atoms with Crippen molar-refractivity contribution < 1.29 is 8.42 Å². The van der Waals surface area contributed by atoms with E-state index in [2.05, 4.69) is 31.0 Å². The van der Waals surface area contributed by atoms with Gasteiger partial charge in [-0.2, -0.15) is 0 Å². The fourth-order valence-corrected chi connectivity index (χ4v) is 3.34. The first kappa shape index (κ1) is 15.2. The molecule has 5 heteroatoms. The van der Waals surface area contributed by atoms with Crippen LogP contribution in [0.1, 0.15) is 54.8 Å². The smallest absolute Gasteiger partial charge is 0.238 e. The zero-order chi connectivity index (χ0) is 15.9. The third kappa shape index (κ3) is 3.05. The van der Waals surface area contributed by atoms with Crippen LogP contribution in [0.5, 0.6) is 0 Å². The Bertz CT molecular complexity index is 783. The summed E-state index contributed by atoms with van der Waals surface area (Å²) in [5, 5.41) is 5.12. The third-order valence-corrected chi connectivity index (χ3v) is 5.21. The maximum absolute atomic E-state index is 11.3. The average Bonchev–Trinajstić information content (AvgIpc) is 3.27. The van der Waals surface area contributed by atoms with Crippen molar-refractivity contribution in [3.63, 3.8) is 0 Å². The molecule has 2 unspecified atom stereocenters. The largest absolute Gasteiger partial charge is 0.261 e. The minimum atomic E-state index is -3.62. The van der Waals surface area contributed by atoms with E-state index in [1.807, 2.05) is 18.3 Å². The van der Waals surface area contributed by atoms with E-state index in [4.69, 9.17) is 5.14 Å². The number of primary sulfonamides is 1. The van der Waals surface area contributed by atoms with E-state index in [0.29, 0.717) is 17.8 Å². The van der Waals surface area contributed by atoms with Gasteiger partial charge in [0.2, 0.25) is 10.0 Å². The summed E-state index contributed by atoms with van der Waals surface area (Å²) in [5.41, 5.74) is 3.58. The molecule has 0 aliphatic heterocycles. The molecule has 0 saturated heterocycles. The molecule has 1 aromatic carbocycles. The summed E-state index contributed by atoms with van der Waals surface area (Å²) < 4.78 is 22.6. The minimum Gasteiger partial charge on any atom is -0.261 e. The van der Waals surface area contributed by atoms with Crippen molar-refractivity contribution in [1.29, 1.82) is 0 Å². The van der Waals surface area contributed by atoms with Gasteiger partial charge in [0, 0.05) is 17.8 Å². The van der Waals surface area contributed by atoms with Gasteiger partial charge in [0.25, 0.3) is 0 Å². The Labute approximate surface area is 131 Å². The molecular weight excluding hydrogens is 296 g/mol. The maximum atomic E-state index is 11.3. The van der Waals surface area contributed by atoms with E-state index >= 15 is 0 Å². The van der Waals surface area contributed by atoms with Gasteiger partial charge in [0.05, 0.1) is 4.90 Å². The molecule has 2 aromatic rings. The maximum Gasteiger partial charge on any atom is 0.238 e. The normalized spacial score (nSPS) is 21.1. The van der Waals surface area contributed by atoms with Crippen LogP contribution in [0.2, 0.25) is 0 Å². The third-order valence-electron chi connectivity index (χ3n) is 4.28. The van der Waals surface area contributed by atoms with E-state index in [0.717, 1.165) is 17.7 Å². The van der Waals surface area contributed by atoms with Crippen molar-refractivity contribution in [1.82, 2.24) is 4.98 Å². The van der Waals surface area contributed by atoms with Crippen LogP contribution < -0.4 is 5.14 Å². The fourth-order valence-electron chi connectivity index (χ4n) is 2.82. The minimum absolute atomic E-state index is 0.161. The highest BCUT2D eigenvalue weighted by Gasteiger charge is 2.40. The quantitative estimate of drug-likeness (QED) is 0.942. The van der Waals surface area contributed by atoms with E-state index in [1.54, 1.807) is 12.1 Å². The molecule has 2 N–H and O–H groups in total. The number of benzene rings is 1. The van der Waals surface area contributed by atoms with Crippen LogP contribution in [0.15, 0.2) is 47.5 Å². The van der Waals surface area contributed by atoms with Gasteiger partial charge < -0.3 is 0 Å². The Morgan fingerprint density at radius 2 is 1.82 bits per heavy atom. The highest BCUT2D eigenvalue weighted by molar-refractivity contribution is 7.89. The van der Waals surface area contributed by atoms with Crippen LogP contribution in [0.4, 0.5) is 0 Å². The van der Waals surface area contributed by atoms with Crippen molar-refractivity contribution in [2.45, 2.75) is 42.9 Å². The van der Waals surface area contributed by atoms with Crippen LogP contribution in [-0.4, -0.2) is 13.4 Å². The zero-order valence-corrected chi connectivity index (χ0v) is 13.5. The van der Waals surface area contributed by atoms with Crippen LogP contribution in [0.3, 0.4) is 0 Å². The standard InChI is InChI=1S/C17H20N2O2S/c1-11(2)13-7-8-19-17(9-13)16-10-15(16)12-3-5-14(6-4-12)22(18,20)21/h3-9,11,15-16H,10H2,1-2H3,(H2,18,20,21). The monoisotopic (exact) mass is 316 g/mol. The molecule has 0 spiro atoms. The van der Waals surface area contributed by atoms with E-state index < -0.39 is 10.0 Å². The zero-order valence-electron chi connectivity index (χ0n) is 12.7. The molecule has 2 atom stereocenters. The summed E-state index contributed by atoms with van der Waals surface area (Å²) >= 11 is 0. The van der Waals surface area contributed by atoms with Crippen LogP contribution in [-0.2, 0) is 10.0 Å². The molecule has 0 amide bonds. The lowest BCUT2D eigenvalue weighted by Crippen LogP contribution is -2.11.